The van der Waals surface area contributed by atoms with Crippen LogP contribution in [0.25, 0.3) is 0 Å². The molecule has 1 saturated heterocycles. The van der Waals surface area contributed by atoms with E-state index in [0.717, 1.165) is 27.7 Å². The number of hydrogen-bond donors (Lipinski definition) is 4. The lowest BCUT2D eigenvalue weighted by Gasteiger charge is -2.15. The SMILES string of the molecule is N[C@@H](CCCCNC(=O)CCc1ccc(O)c([123I])c1)C(=O)N[C@H]1CCSC1=O. The van der Waals surface area contributed by atoms with E-state index in [1.165, 1.54) is 11.8 Å². The van der Waals surface area contributed by atoms with E-state index < -0.39 is 12.1 Å². The minimum atomic E-state index is -0.633. The van der Waals surface area contributed by atoms with Crippen molar-refractivity contribution in [3.05, 3.63) is 27.3 Å². The summed E-state index contributed by atoms with van der Waals surface area (Å²) in [5, 5.41) is 15.1. The highest BCUT2D eigenvalue weighted by atomic mass is 123. The number of nitrogens with two attached hydrogens (primary N) is 1. The van der Waals surface area contributed by atoms with Crippen LogP contribution in [-0.2, 0) is 20.8 Å². The highest BCUT2D eigenvalue weighted by Crippen LogP contribution is 2.21. The average molecular weight is 515 g/mol. The molecule has 1 aromatic rings. The predicted molar refractivity (Wildman–Crippen MR) is 118 cm³/mol. The van der Waals surface area contributed by atoms with Crippen LogP contribution in [0.2, 0.25) is 0 Å². The molecule has 154 valence electrons. The molecule has 0 aliphatic carbocycles. The number of nitrogens with one attached hydrogen (secondary N) is 2. The number of rotatable bonds is 10. The first-order valence-electron chi connectivity index (χ1n) is 9.33. The Bertz CT molecular complexity index is 716. The van der Waals surface area contributed by atoms with Crippen molar-refractivity contribution in [2.45, 2.75) is 50.6 Å². The number of phenols is 1. The number of halogens is 1. The smallest absolute Gasteiger partial charge is 0.237 e. The number of carbonyl (C=O) groups excluding carboxylic acids is 3. The van der Waals surface area contributed by atoms with Crippen LogP contribution < -0.4 is 16.4 Å². The number of phenolic OH excluding ortho intramolecular Hbond substituents is 1. The number of hydrogen-bond acceptors (Lipinski definition) is 6. The van der Waals surface area contributed by atoms with E-state index in [-0.39, 0.29) is 22.7 Å². The van der Waals surface area contributed by atoms with Gasteiger partial charge in [0.2, 0.25) is 16.9 Å². The Labute approximate surface area is 182 Å². The second-order valence-corrected chi connectivity index (χ2v) is 9.02. The largest absolute Gasteiger partial charge is 0.507 e. The van der Waals surface area contributed by atoms with Gasteiger partial charge in [0, 0.05) is 18.7 Å². The minimum Gasteiger partial charge on any atom is -0.507 e. The molecule has 1 aromatic carbocycles. The standard InChI is InChI=1S/C19H26IN3O4S/c20-13-11-12(4-6-16(13)24)5-7-17(25)22-9-2-1-3-14(21)18(26)23-15-8-10-28-19(15)27/h4,6,11,14-15,24H,1-3,5,7-10,21H2,(H,22,25)(H,23,26)/t14-,15-/m0/s1/i20-4. The number of benzene rings is 1. The first kappa shape index (κ1) is 23.0. The molecule has 0 unspecified atom stereocenters. The van der Waals surface area contributed by atoms with E-state index in [9.17, 15) is 19.5 Å². The van der Waals surface area contributed by atoms with Crippen LogP contribution in [0.1, 0.15) is 37.7 Å². The quantitative estimate of drug-likeness (QED) is 0.278. The van der Waals surface area contributed by atoms with E-state index >= 15 is 0 Å². The molecule has 0 saturated carbocycles. The lowest BCUT2D eigenvalue weighted by molar-refractivity contribution is -0.125. The zero-order valence-electron chi connectivity index (χ0n) is 15.6. The van der Waals surface area contributed by atoms with E-state index in [0.29, 0.717) is 32.2 Å². The van der Waals surface area contributed by atoms with Crippen molar-refractivity contribution in [1.29, 1.82) is 0 Å². The molecule has 9 heteroatoms. The number of thioether (sulfide) groups is 1. The molecule has 0 radical (unpaired) electrons. The third-order valence-corrected chi connectivity index (χ3v) is 6.38. The molecule has 7 nitrogen and oxygen atoms in total. The van der Waals surface area contributed by atoms with Gasteiger partial charge in [-0.05, 0) is 72.4 Å². The first-order valence-corrected chi connectivity index (χ1v) is 11.4. The monoisotopic (exact) mass is 515 g/mol. The van der Waals surface area contributed by atoms with Gasteiger partial charge in [0.1, 0.15) is 5.75 Å². The molecular formula is C19H26IN3O4S. The van der Waals surface area contributed by atoms with E-state index in [1.807, 2.05) is 12.1 Å². The molecule has 5 N–H and O–H groups in total. The maximum atomic E-state index is 12.0. The Kier molecular flexibility index (Phi) is 9.52. The van der Waals surface area contributed by atoms with Crippen LogP contribution >= 0.6 is 34.4 Å². The molecule has 1 fully saturated rings. The van der Waals surface area contributed by atoms with Crippen LogP contribution in [0.5, 0.6) is 5.75 Å². The average Bonchev–Trinajstić information content (AvgIpc) is 3.06. The van der Waals surface area contributed by atoms with E-state index in [2.05, 4.69) is 33.2 Å². The molecule has 1 heterocycles. The molecule has 1 aliphatic heterocycles. The summed E-state index contributed by atoms with van der Waals surface area (Å²) in [6.07, 6.45) is 3.64. The number of carbonyl (C=O) groups is 3. The summed E-state index contributed by atoms with van der Waals surface area (Å²) in [5.41, 5.74) is 6.89. The van der Waals surface area contributed by atoms with Gasteiger partial charge in [-0.2, -0.15) is 0 Å². The van der Waals surface area contributed by atoms with Gasteiger partial charge in [0.25, 0.3) is 0 Å². The van der Waals surface area contributed by atoms with Crippen LogP contribution in [0.15, 0.2) is 18.2 Å². The third kappa shape index (κ3) is 7.59. The maximum absolute atomic E-state index is 12.0. The van der Waals surface area contributed by atoms with Crippen molar-refractivity contribution >= 4 is 51.3 Å². The Hall–Kier alpha value is -1.33. The number of unbranched alkanes of at least 4 members (excludes halogenated alkanes) is 1. The summed E-state index contributed by atoms with van der Waals surface area (Å²) in [6, 6.07) is 4.28. The summed E-state index contributed by atoms with van der Waals surface area (Å²) in [4.78, 5) is 35.4. The molecule has 0 aromatic heterocycles. The number of aromatic hydroxyl groups is 1. The number of amides is 2. The fourth-order valence-corrected chi connectivity index (χ4v) is 4.32. The molecule has 28 heavy (non-hydrogen) atoms. The van der Waals surface area contributed by atoms with Gasteiger partial charge in [-0.15, -0.1) is 0 Å². The molecule has 2 atom stereocenters. The molecule has 2 rings (SSSR count). The van der Waals surface area contributed by atoms with E-state index in [4.69, 9.17) is 5.73 Å². The third-order valence-electron chi connectivity index (χ3n) is 4.51. The normalized spacial score (nSPS) is 17.4. The fraction of sp³-hybridized carbons (Fsp3) is 0.526. The van der Waals surface area contributed by atoms with Gasteiger partial charge < -0.3 is 21.5 Å². The van der Waals surface area contributed by atoms with Crippen molar-refractivity contribution in [2.24, 2.45) is 5.73 Å². The van der Waals surface area contributed by atoms with Crippen molar-refractivity contribution in [3.63, 3.8) is 0 Å². The molecule has 0 spiro atoms. The number of aryl methyl sites for hydroxylation is 1. The van der Waals surface area contributed by atoms with Crippen molar-refractivity contribution in [3.8, 4) is 5.75 Å². The zero-order valence-corrected chi connectivity index (χ0v) is 18.6. The Morgan fingerprint density at radius 1 is 1.36 bits per heavy atom. The Morgan fingerprint density at radius 2 is 2.14 bits per heavy atom. The first-order chi connectivity index (χ1) is 13.4. The lowest BCUT2D eigenvalue weighted by Crippen LogP contribution is -2.46. The summed E-state index contributed by atoms with van der Waals surface area (Å²) >= 11 is 3.30. The lowest BCUT2D eigenvalue weighted by atomic mass is 10.1. The van der Waals surface area contributed by atoms with Crippen molar-refractivity contribution in [1.82, 2.24) is 10.6 Å². The Balaban J connectivity index is 1.55. The van der Waals surface area contributed by atoms with Crippen LogP contribution in [0, 0.1) is 3.57 Å². The Morgan fingerprint density at radius 3 is 2.82 bits per heavy atom. The fourth-order valence-electron chi connectivity index (χ4n) is 2.81. The summed E-state index contributed by atoms with van der Waals surface area (Å²) in [5.74, 6) is 0.676. The van der Waals surface area contributed by atoms with E-state index in [1.54, 1.807) is 6.07 Å². The van der Waals surface area contributed by atoms with Gasteiger partial charge in [-0.25, -0.2) is 0 Å². The molecule has 0 bridgehead atoms. The molecule has 1 aliphatic rings. The second kappa shape index (κ2) is 11.6. The van der Waals surface area contributed by atoms with Gasteiger partial charge in [-0.3, -0.25) is 14.4 Å². The zero-order chi connectivity index (χ0) is 20.5. The van der Waals surface area contributed by atoms with Crippen LogP contribution in [0.4, 0.5) is 0 Å². The second-order valence-electron chi connectivity index (χ2n) is 6.76. The van der Waals surface area contributed by atoms with Crippen molar-refractivity contribution < 1.29 is 19.5 Å². The topological polar surface area (TPSA) is 122 Å². The minimum absolute atomic E-state index is 0.00489. The summed E-state index contributed by atoms with van der Waals surface area (Å²) in [6.45, 7) is 0.540. The molecular weight excluding hydrogens is 489 g/mol. The van der Waals surface area contributed by atoms with Gasteiger partial charge >= 0.3 is 0 Å². The maximum Gasteiger partial charge on any atom is 0.237 e. The predicted octanol–water partition coefficient (Wildman–Crippen LogP) is 1.69. The van der Waals surface area contributed by atoms with Crippen molar-refractivity contribution in [2.75, 3.05) is 12.3 Å². The highest BCUT2D eigenvalue weighted by Gasteiger charge is 2.28. The van der Waals surface area contributed by atoms with Crippen LogP contribution in [0.3, 0.4) is 0 Å². The van der Waals surface area contributed by atoms with Crippen LogP contribution in [-0.4, -0.2) is 46.4 Å². The van der Waals surface area contributed by atoms with Gasteiger partial charge in [-0.1, -0.05) is 17.8 Å². The molecule has 2 amide bonds. The summed E-state index contributed by atoms with van der Waals surface area (Å²) in [7, 11) is 0. The van der Waals surface area contributed by atoms with Gasteiger partial charge in [0.05, 0.1) is 15.7 Å². The highest BCUT2D eigenvalue weighted by molar-refractivity contribution is 14.1. The van der Waals surface area contributed by atoms with Gasteiger partial charge in [0.15, 0.2) is 0 Å². The summed E-state index contributed by atoms with van der Waals surface area (Å²) < 4.78 is 0.770.